The Kier molecular flexibility index (Phi) is 34.1. The van der Waals surface area contributed by atoms with E-state index in [1.807, 2.05) is 0 Å². The van der Waals surface area contributed by atoms with Crippen molar-refractivity contribution in [3.63, 3.8) is 0 Å². The lowest BCUT2D eigenvalue weighted by molar-refractivity contribution is -0.141. The maximum absolute atomic E-state index is 10.7. The van der Waals surface area contributed by atoms with Crippen LogP contribution in [-0.2, 0) is 24.0 Å². The summed E-state index contributed by atoms with van der Waals surface area (Å²) in [6.45, 7) is 6.53. The number of carboxylic acids is 2. The van der Waals surface area contributed by atoms with Gasteiger partial charge in [-0.15, -0.1) is 0 Å². The smallest absolute Gasteiger partial charge is 0.326 e. The minimum absolute atomic E-state index is 0. The van der Waals surface area contributed by atoms with Gasteiger partial charge in [0.2, 0.25) is 11.8 Å². The summed E-state index contributed by atoms with van der Waals surface area (Å²) in [7, 11) is 0. The molecule has 0 aliphatic heterocycles. The average molecular weight is 451 g/mol. The first-order valence-electron chi connectivity index (χ1n) is 9.10. The number of nitrogens with one attached hydrogen (secondary N) is 2. The van der Waals surface area contributed by atoms with Gasteiger partial charge in [-0.1, -0.05) is 21.3 Å². The maximum atomic E-state index is 10.7. The van der Waals surface area contributed by atoms with Gasteiger partial charge in [-0.25, -0.2) is 9.59 Å². The summed E-state index contributed by atoms with van der Waals surface area (Å²) in [5.74, 6) is -1.17. The van der Waals surface area contributed by atoms with E-state index in [1.165, 1.54) is 19.8 Å². The molecule has 0 rings (SSSR count). The van der Waals surface area contributed by atoms with E-state index in [1.54, 1.807) is 0 Å². The third kappa shape index (κ3) is 35.1. The number of unbranched alkanes of at least 4 members (excludes halogenated alkanes) is 2. The fourth-order valence-electron chi connectivity index (χ4n) is 1.87. The van der Waals surface area contributed by atoms with Crippen LogP contribution in [0.3, 0.4) is 0 Å². The summed E-state index contributed by atoms with van der Waals surface area (Å²) in [4.78, 5) is 50.7. The number of nitrogens with two attached hydrogens (primary N) is 2. The fraction of sp³-hybridized carbons (Fsp3) is 0.700. The normalized spacial score (nSPS) is 10.5. The molecule has 11 nitrogen and oxygen atoms in total. The summed E-state index contributed by atoms with van der Waals surface area (Å²) in [6.07, 6.45) is 3.87. The molecule has 11 heteroatoms. The number of rotatable bonds is 12. The average Bonchev–Trinajstić information content (AvgIpc) is 2.61. The number of amides is 2. The Morgan fingerprint density at radius 2 is 1.42 bits per heavy atom. The lowest BCUT2D eigenvalue weighted by Crippen LogP contribution is -2.39. The van der Waals surface area contributed by atoms with Crippen LogP contribution >= 0.6 is 0 Å². The van der Waals surface area contributed by atoms with Gasteiger partial charge in [0.1, 0.15) is 18.0 Å². The first-order chi connectivity index (χ1) is 13.5. The van der Waals surface area contributed by atoms with Crippen LogP contribution in [0.2, 0.25) is 0 Å². The van der Waals surface area contributed by atoms with Crippen molar-refractivity contribution in [2.75, 3.05) is 13.1 Å². The van der Waals surface area contributed by atoms with Crippen molar-refractivity contribution in [1.82, 2.24) is 10.6 Å². The minimum atomic E-state index is -1.03. The molecule has 184 valence electrons. The molecule has 0 aliphatic rings. The molecular formula is C20H42N4O7. The third-order valence-electron chi connectivity index (χ3n) is 3.26. The molecule has 0 radical (unpaired) electrons. The molecule has 0 heterocycles. The predicted octanol–water partition coefficient (Wildman–Crippen LogP) is 0.686. The van der Waals surface area contributed by atoms with E-state index in [2.05, 4.69) is 17.2 Å². The van der Waals surface area contributed by atoms with Crippen LogP contribution in [-0.4, -0.2) is 65.1 Å². The highest BCUT2D eigenvalue weighted by atomic mass is 16.4. The largest absolute Gasteiger partial charge is 0.480 e. The fourth-order valence-corrected chi connectivity index (χ4v) is 1.87. The Hall–Kier alpha value is -2.75. The van der Waals surface area contributed by atoms with Crippen molar-refractivity contribution < 1.29 is 34.2 Å². The highest BCUT2D eigenvalue weighted by Gasteiger charge is 2.17. The van der Waals surface area contributed by atoms with Gasteiger partial charge in [0.25, 0.3) is 0 Å². The monoisotopic (exact) mass is 450 g/mol. The van der Waals surface area contributed by atoms with Gasteiger partial charge < -0.3 is 32.3 Å². The molecule has 2 unspecified atom stereocenters. The van der Waals surface area contributed by atoms with Crippen LogP contribution in [0.4, 0.5) is 0 Å². The Morgan fingerprint density at radius 3 is 1.77 bits per heavy atom. The van der Waals surface area contributed by atoms with E-state index in [-0.39, 0.29) is 26.7 Å². The van der Waals surface area contributed by atoms with Crippen molar-refractivity contribution in [3.05, 3.63) is 6.58 Å². The highest BCUT2D eigenvalue weighted by molar-refractivity contribution is 5.82. The quantitative estimate of drug-likeness (QED) is 0.182. The van der Waals surface area contributed by atoms with Gasteiger partial charge in [-0.05, 0) is 45.2 Å². The van der Waals surface area contributed by atoms with E-state index >= 15 is 0 Å². The molecule has 31 heavy (non-hydrogen) atoms. The van der Waals surface area contributed by atoms with Crippen molar-refractivity contribution >= 4 is 29.7 Å². The number of carbonyl (C=O) groups excluding carboxylic acids is 3. The van der Waals surface area contributed by atoms with Gasteiger partial charge in [0.15, 0.2) is 0 Å². The number of aliphatic carboxylic acids is 2. The summed E-state index contributed by atoms with van der Waals surface area (Å²) in [5, 5.41) is 22.1. The Bertz CT molecular complexity index is 522. The lowest BCUT2D eigenvalue weighted by Gasteiger charge is -2.12. The van der Waals surface area contributed by atoms with Crippen LogP contribution in [0.25, 0.3) is 0 Å². The summed E-state index contributed by atoms with van der Waals surface area (Å²) < 4.78 is 0. The molecule has 0 fully saturated rings. The minimum Gasteiger partial charge on any atom is -0.480 e. The molecule has 0 aromatic rings. The molecule has 0 saturated carbocycles. The van der Waals surface area contributed by atoms with E-state index in [0.717, 1.165) is 12.8 Å². The van der Waals surface area contributed by atoms with Crippen molar-refractivity contribution in [3.8, 4) is 0 Å². The molecule has 0 spiro atoms. The van der Waals surface area contributed by atoms with E-state index in [9.17, 15) is 19.2 Å². The van der Waals surface area contributed by atoms with Crippen molar-refractivity contribution in [2.45, 2.75) is 79.3 Å². The third-order valence-corrected chi connectivity index (χ3v) is 3.26. The SMILES string of the molecule is C.C.C=C=O.CC(=O)NCCCCC(NC(C)=O)C(=O)O.NCCCCC(N)C(=O)O. The molecular weight excluding hydrogens is 408 g/mol. The van der Waals surface area contributed by atoms with Gasteiger partial charge >= 0.3 is 11.9 Å². The zero-order valence-corrected chi connectivity index (χ0v) is 17.1. The molecule has 2 amide bonds. The predicted molar refractivity (Wildman–Crippen MR) is 121 cm³/mol. The number of hydrogen-bond donors (Lipinski definition) is 6. The molecule has 8 N–H and O–H groups in total. The molecule has 0 bridgehead atoms. The van der Waals surface area contributed by atoms with Crippen molar-refractivity contribution in [1.29, 1.82) is 0 Å². The zero-order valence-electron chi connectivity index (χ0n) is 17.1. The number of hydrogen-bond acceptors (Lipinski definition) is 7. The van der Waals surface area contributed by atoms with Crippen LogP contribution in [0, 0.1) is 0 Å². The van der Waals surface area contributed by atoms with Crippen LogP contribution in [0.15, 0.2) is 6.58 Å². The second-order valence-corrected chi connectivity index (χ2v) is 5.94. The van der Waals surface area contributed by atoms with Crippen LogP contribution in [0.5, 0.6) is 0 Å². The maximum Gasteiger partial charge on any atom is 0.326 e. The van der Waals surface area contributed by atoms with E-state index < -0.39 is 24.0 Å². The summed E-state index contributed by atoms with van der Waals surface area (Å²) >= 11 is 0. The van der Waals surface area contributed by atoms with Crippen LogP contribution < -0.4 is 22.1 Å². The lowest BCUT2D eigenvalue weighted by atomic mass is 10.1. The zero-order chi connectivity index (χ0) is 23.2. The highest BCUT2D eigenvalue weighted by Crippen LogP contribution is 2.01. The number of carbonyl (C=O) groups is 4. The first-order valence-corrected chi connectivity index (χ1v) is 9.10. The topological polar surface area (TPSA) is 202 Å². The summed E-state index contributed by atoms with van der Waals surface area (Å²) in [6, 6.07) is -1.55. The Labute approximate surface area is 185 Å². The van der Waals surface area contributed by atoms with E-state index in [0.29, 0.717) is 38.8 Å². The van der Waals surface area contributed by atoms with Gasteiger partial charge in [0, 0.05) is 20.4 Å². The number of carboxylic acid groups (broad SMARTS) is 2. The van der Waals surface area contributed by atoms with Crippen LogP contribution in [0.1, 0.15) is 67.2 Å². The summed E-state index contributed by atoms with van der Waals surface area (Å²) in [5.41, 5.74) is 10.4. The van der Waals surface area contributed by atoms with Gasteiger partial charge in [-0.3, -0.25) is 14.4 Å². The molecule has 0 aromatic heterocycles. The van der Waals surface area contributed by atoms with Crippen molar-refractivity contribution in [2.24, 2.45) is 11.5 Å². The molecule has 0 saturated heterocycles. The second-order valence-electron chi connectivity index (χ2n) is 5.94. The molecule has 0 aromatic carbocycles. The van der Waals surface area contributed by atoms with Gasteiger partial charge in [0.05, 0.1) is 0 Å². The second kappa shape index (κ2) is 27.2. The standard InChI is InChI=1S/C10H18N2O4.C6H14N2O2.C2H2O.2CH4/c1-7(13)11-6-4-3-5-9(10(15)16)12-8(2)14;7-4-2-1-3-5(8)6(9)10;1-2-3;;/h9H,3-6H2,1-2H3,(H,11,13)(H,12,14)(H,15,16);5H,1-4,7-8H2,(H,9,10);1H2;2*1H4. The van der Waals surface area contributed by atoms with Gasteiger partial charge in [-0.2, -0.15) is 0 Å². The molecule has 2 atom stereocenters. The molecule has 0 aliphatic carbocycles. The van der Waals surface area contributed by atoms with E-state index in [4.69, 9.17) is 26.5 Å². The Balaban J connectivity index is -0.000000130. The Morgan fingerprint density at radius 1 is 0.935 bits per heavy atom. The first kappa shape index (κ1) is 38.8.